The van der Waals surface area contributed by atoms with Crippen LogP contribution in [0.3, 0.4) is 0 Å². The molecule has 0 saturated heterocycles. The average Bonchev–Trinajstić information content (AvgIpc) is 2.64. The Labute approximate surface area is 222 Å². The Morgan fingerprint density at radius 1 is 0.784 bits per heavy atom. The molecule has 0 atom stereocenters. The van der Waals surface area contributed by atoms with Gasteiger partial charge < -0.3 is 5.73 Å². The minimum absolute atomic E-state index is 0. The maximum atomic E-state index is 12.0. The van der Waals surface area contributed by atoms with Crippen molar-refractivity contribution in [2.24, 2.45) is 5.73 Å². The SMILES string of the molecule is CC(C)(C)N.Cc1ccc(S(=O)(=O)Cl)cc1[N+](=O)[O-].Cc1ccc(S(=O)(=O)NC(C)(C)C)cc1[N+](=O)[O-]. The van der Waals surface area contributed by atoms with Crippen molar-refractivity contribution in [3.05, 3.63) is 67.8 Å². The summed E-state index contributed by atoms with van der Waals surface area (Å²) < 4.78 is 48.2. The fourth-order valence-corrected chi connectivity index (χ4v) is 4.56. The van der Waals surface area contributed by atoms with Crippen molar-refractivity contribution < 1.29 is 26.7 Å². The number of aryl methyl sites for hydroxylation is 2. The molecule has 3 N–H and O–H groups in total. The van der Waals surface area contributed by atoms with E-state index in [0.717, 1.165) is 12.1 Å². The number of nitro groups is 2. The van der Waals surface area contributed by atoms with Crippen LogP contribution in [0.5, 0.6) is 0 Å². The second kappa shape index (κ2) is 12.7. The average molecular weight is 581 g/mol. The zero-order valence-electron chi connectivity index (χ0n) is 21.9. The lowest BCUT2D eigenvalue weighted by atomic mass is 10.1. The van der Waals surface area contributed by atoms with Gasteiger partial charge in [0.1, 0.15) is 0 Å². The van der Waals surface area contributed by atoms with Gasteiger partial charge in [-0.05, 0) is 67.5 Å². The number of nitro benzene ring substituents is 2. The summed E-state index contributed by atoms with van der Waals surface area (Å²) in [6, 6.07) is 7.37. The van der Waals surface area contributed by atoms with Crippen LogP contribution in [0, 0.1) is 34.1 Å². The summed E-state index contributed by atoms with van der Waals surface area (Å²) in [6.07, 6.45) is 0. The first-order valence-corrected chi connectivity index (χ1v) is 14.4. The first-order valence-electron chi connectivity index (χ1n) is 10.6. The highest BCUT2D eigenvalue weighted by Gasteiger charge is 2.24. The molecule has 208 valence electrons. The molecule has 0 bridgehead atoms. The van der Waals surface area contributed by atoms with Gasteiger partial charge in [0, 0.05) is 45.0 Å². The molecule has 0 spiro atoms. The quantitative estimate of drug-likeness (QED) is 0.289. The van der Waals surface area contributed by atoms with E-state index >= 15 is 0 Å². The van der Waals surface area contributed by atoms with Crippen LogP contribution < -0.4 is 10.5 Å². The Kier molecular flexibility index (Phi) is 11.8. The van der Waals surface area contributed by atoms with Crippen LogP contribution in [-0.2, 0) is 19.1 Å². The zero-order valence-corrected chi connectivity index (χ0v) is 24.3. The molecule has 0 saturated carbocycles. The number of benzene rings is 2. The predicted octanol–water partition coefficient (Wildman–Crippen LogP) is 4.55. The molecular formula is C22H33ClN4O8S2. The van der Waals surface area contributed by atoms with Gasteiger partial charge in [0.05, 0.1) is 19.6 Å². The maximum absolute atomic E-state index is 12.0. The second-order valence-electron chi connectivity index (χ2n) is 10.1. The molecule has 0 aliphatic rings. The zero-order chi connectivity index (χ0) is 29.6. The van der Waals surface area contributed by atoms with E-state index in [9.17, 15) is 37.1 Å². The largest absolute Gasteiger partial charge is 0.326 e. The Morgan fingerprint density at radius 2 is 1.11 bits per heavy atom. The van der Waals surface area contributed by atoms with Crippen molar-refractivity contribution in [2.45, 2.75) is 76.3 Å². The van der Waals surface area contributed by atoms with Gasteiger partial charge in [0.15, 0.2) is 0 Å². The van der Waals surface area contributed by atoms with Crippen LogP contribution in [0.4, 0.5) is 11.4 Å². The Bertz CT molecular complexity index is 1340. The molecule has 12 nitrogen and oxygen atoms in total. The molecule has 0 aliphatic carbocycles. The third-order valence-corrected chi connectivity index (χ3v) is 6.89. The predicted molar refractivity (Wildman–Crippen MR) is 143 cm³/mol. The van der Waals surface area contributed by atoms with Crippen molar-refractivity contribution in [2.75, 3.05) is 0 Å². The second-order valence-corrected chi connectivity index (χ2v) is 14.3. The van der Waals surface area contributed by atoms with E-state index in [1.165, 1.54) is 31.2 Å². The van der Waals surface area contributed by atoms with Crippen molar-refractivity contribution in [3.63, 3.8) is 0 Å². The van der Waals surface area contributed by atoms with Crippen molar-refractivity contribution in [1.82, 2.24) is 4.72 Å². The summed E-state index contributed by atoms with van der Waals surface area (Å²) in [7, 11) is -2.62. The highest BCUT2D eigenvalue weighted by Crippen LogP contribution is 2.24. The number of nitrogens with two attached hydrogens (primary N) is 1. The number of hydrogen-bond donors (Lipinski definition) is 2. The smallest absolute Gasteiger partial charge is 0.273 e. The lowest BCUT2D eigenvalue weighted by molar-refractivity contribution is -0.385. The third kappa shape index (κ3) is 13.5. The molecule has 15 heteroatoms. The van der Waals surface area contributed by atoms with Crippen molar-refractivity contribution in [1.29, 1.82) is 0 Å². The fourth-order valence-electron chi connectivity index (χ4n) is 2.35. The standard InChI is InChI=1S/C11H16N2O4S.C7H6ClNO4S.C4H11N/c1-8-5-6-9(7-10(8)13(14)15)18(16,17)12-11(2,3)4;1-5-2-3-6(14(8,12)13)4-7(5)9(10)11;1-4(2,3)5/h5-7,12H,1-4H3;2-4H,1H3;5H2,1-3H3. The number of sulfonamides is 1. The molecule has 0 heterocycles. The summed E-state index contributed by atoms with van der Waals surface area (Å²) in [4.78, 5) is 19.6. The number of rotatable bonds is 5. The van der Waals surface area contributed by atoms with Crippen LogP contribution in [0.25, 0.3) is 0 Å². The summed E-state index contributed by atoms with van der Waals surface area (Å²) in [5.74, 6) is 0. The van der Waals surface area contributed by atoms with E-state index in [2.05, 4.69) is 4.72 Å². The number of nitrogens with one attached hydrogen (secondary N) is 1. The molecule has 2 rings (SSSR count). The fraction of sp³-hybridized carbons (Fsp3) is 0.455. The van der Waals surface area contributed by atoms with Crippen LogP contribution in [0.1, 0.15) is 52.7 Å². The van der Waals surface area contributed by atoms with Gasteiger partial charge in [-0.2, -0.15) is 0 Å². The minimum atomic E-state index is -3.91. The summed E-state index contributed by atoms with van der Waals surface area (Å²) in [5, 5.41) is 21.2. The summed E-state index contributed by atoms with van der Waals surface area (Å²) in [6.45, 7) is 14.1. The molecule has 0 fully saturated rings. The van der Waals surface area contributed by atoms with Gasteiger partial charge in [-0.1, -0.05) is 12.1 Å². The topological polar surface area (TPSA) is 193 Å². The first kappa shape index (κ1) is 34.4. The molecule has 0 radical (unpaired) electrons. The Balaban J connectivity index is 0.000000605. The minimum Gasteiger partial charge on any atom is -0.326 e. The van der Waals surface area contributed by atoms with E-state index in [1.807, 2.05) is 20.8 Å². The third-order valence-electron chi connectivity index (χ3n) is 3.79. The van der Waals surface area contributed by atoms with Gasteiger partial charge in [-0.3, -0.25) is 20.2 Å². The van der Waals surface area contributed by atoms with Gasteiger partial charge in [0.2, 0.25) is 10.0 Å². The van der Waals surface area contributed by atoms with E-state index in [-0.39, 0.29) is 26.7 Å². The molecule has 0 aromatic heterocycles. The van der Waals surface area contributed by atoms with E-state index < -0.39 is 34.5 Å². The van der Waals surface area contributed by atoms with E-state index in [0.29, 0.717) is 11.1 Å². The number of hydrogen-bond acceptors (Lipinski definition) is 9. The van der Waals surface area contributed by atoms with Gasteiger partial charge in [0.25, 0.3) is 20.4 Å². The summed E-state index contributed by atoms with van der Waals surface area (Å²) >= 11 is 0. The van der Waals surface area contributed by atoms with Gasteiger partial charge in [-0.25, -0.2) is 21.6 Å². The molecule has 2 aromatic rings. The molecule has 2 aromatic carbocycles. The van der Waals surface area contributed by atoms with Crippen molar-refractivity contribution in [3.8, 4) is 0 Å². The van der Waals surface area contributed by atoms with Crippen LogP contribution in [0.15, 0.2) is 46.2 Å². The highest BCUT2D eigenvalue weighted by atomic mass is 35.7. The molecular weight excluding hydrogens is 548 g/mol. The lowest BCUT2D eigenvalue weighted by Crippen LogP contribution is -2.40. The normalized spacial score (nSPS) is 11.9. The van der Waals surface area contributed by atoms with Gasteiger partial charge in [-0.15, -0.1) is 0 Å². The van der Waals surface area contributed by atoms with Crippen LogP contribution in [0.2, 0.25) is 0 Å². The van der Waals surface area contributed by atoms with E-state index in [1.54, 1.807) is 27.7 Å². The van der Waals surface area contributed by atoms with Crippen LogP contribution in [-0.4, -0.2) is 37.8 Å². The molecule has 37 heavy (non-hydrogen) atoms. The molecule has 0 unspecified atom stereocenters. The Hall–Kier alpha value is -2.65. The molecule has 0 aliphatic heterocycles. The molecule has 0 amide bonds. The number of halogens is 1. The highest BCUT2D eigenvalue weighted by molar-refractivity contribution is 8.13. The van der Waals surface area contributed by atoms with Gasteiger partial charge >= 0.3 is 0 Å². The monoisotopic (exact) mass is 580 g/mol. The summed E-state index contributed by atoms with van der Waals surface area (Å²) in [5.41, 5.74) is 5.07. The Morgan fingerprint density at radius 3 is 1.41 bits per heavy atom. The van der Waals surface area contributed by atoms with E-state index in [4.69, 9.17) is 16.4 Å². The maximum Gasteiger partial charge on any atom is 0.273 e. The van der Waals surface area contributed by atoms with Crippen LogP contribution >= 0.6 is 10.7 Å². The number of nitrogens with zero attached hydrogens (tertiary/aromatic N) is 2. The van der Waals surface area contributed by atoms with Crippen molar-refractivity contribution >= 4 is 41.1 Å². The lowest BCUT2D eigenvalue weighted by Gasteiger charge is -2.20. The first-order chi connectivity index (χ1) is 16.3.